The summed E-state index contributed by atoms with van der Waals surface area (Å²) in [6, 6.07) is 15.1. The van der Waals surface area contributed by atoms with Crippen LogP contribution in [0.2, 0.25) is 0 Å². The molecule has 2 aromatic carbocycles. The van der Waals surface area contributed by atoms with Crippen molar-refractivity contribution in [3.8, 4) is 5.75 Å². The van der Waals surface area contributed by atoms with Gasteiger partial charge in [-0.25, -0.2) is 0 Å². The van der Waals surface area contributed by atoms with Gasteiger partial charge in [-0.05, 0) is 66.6 Å². The van der Waals surface area contributed by atoms with E-state index in [9.17, 15) is 9.59 Å². The monoisotopic (exact) mass is 352 g/mol. The number of carbonyl (C=O) groups is 2. The molecule has 2 aromatic rings. The topological polar surface area (TPSA) is 67.4 Å². The minimum atomic E-state index is -0.117. The summed E-state index contributed by atoms with van der Waals surface area (Å²) in [6.07, 6.45) is 2.81. The molecule has 0 aliphatic heterocycles. The summed E-state index contributed by atoms with van der Waals surface area (Å²) in [7, 11) is 1.65. The van der Waals surface area contributed by atoms with E-state index in [2.05, 4.69) is 22.8 Å². The van der Waals surface area contributed by atoms with Crippen LogP contribution in [0.5, 0.6) is 5.75 Å². The van der Waals surface area contributed by atoms with Crippen molar-refractivity contribution in [2.45, 2.75) is 32.1 Å². The number of nitrogens with one attached hydrogen (secondary N) is 2. The number of methoxy groups -OCH3 is 1. The summed E-state index contributed by atoms with van der Waals surface area (Å²) in [5, 5.41) is 5.66. The van der Waals surface area contributed by atoms with Gasteiger partial charge in [0.25, 0.3) is 0 Å². The van der Waals surface area contributed by atoms with Gasteiger partial charge in [0.2, 0.25) is 11.8 Å². The van der Waals surface area contributed by atoms with Crippen LogP contribution in [-0.4, -0.2) is 18.9 Å². The predicted octanol–water partition coefficient (Wildman–Crippen LogP) is 4.18. The van der Waals surface area contributed by atoms with Crippen molar-refractivity contribution < 1.29 is 14.3 Å². The average Bonchev–Trinajstić information content (AvgIpc) is 3.46. The van der Waals surface area contributed by atoms with Crippen LogP contribution >= 0.6 is 0 Å². The van der Waals surface area contributed by atoms with Crippen LogP contribution in [-0.2, 0) is 9.59 Å². The van der Waals surface area contributed by atoms with Gasteiger partial charge in [0.15, 0.2) is 0 Å². The van der Waals surface area contributed by atoms with Gasteiger partial charge in [-0.2, -0.15) is 0 Å². The van der Waals surface area contributed by atoms with Gasteiger partial charge in [0.05, 0.1) is 7.11 Å². The summed E-state index contributed by atoms with van der Waals surface area (Å²) >= 11 is 0. The van der Waals surface area contributed by atoms with Crippen molar-refractivity contribution >= 4 is 23.2 Å². The fraction of sp³-hybridized carbons (Fsp3) is 0.333. The minimum absolute atomic E-state index is 0.00463. The molecule has 26 heavy (non-hydrogen) atoms. The molecular formula is C21H24N2O3. The molecule has 1 fully saturated rings. The number of rotatable bonds is 7. The Hall–Kier alpha value is -2.82. The molecule has 5 heteroatoms. The van der Waals surface area contributed by atoms with E-state index < -0.39 is 0 Å². The molecule has 2 N–H and O–H groups in total. The maximum atomic E-state index is 12.5. The molecular weight excluding hydrogens is 328 g/mol. The van der Waals surface area contributed by atoms with Crippen molar-refractivity contribution in [2.24, 2.45) is 5.92 Å². The number of ether oxygens (including phenoxy) is 1. The fourth-order valence-corrected chi connectivity index (χ4v) is 3.16. The molecule has 0 aromatic heterocycles. The summed E-state index contributed by atoms with van der Waals surface area (Å²) in [6.45, 7) is 1.47. The molecule has 3 rings (SSSR count). The van der Waals surface area contributed by atoms with E-state index in [0.29, 0.717) is 18.0 Å². The van der Waals surface area contributed by atoms with E-state index in [-0.39, 0.29) is 17.7 Å². The first kappa shape index (κ1) is 18.0. The summed E-state index contributed by atoms with van der Waals surface area (Å²) in [5.41, 5.74) is 2.63. The van der Waals surface area contributed by atoms with E-state index >= 15 is 0 Å². The fourth-order valence-electron chi connectivity index (χ4n) is 3.16. The maximum Gasteiger partial charge on any atom is 0.224 e. The van der Waals surface area contributed by atoms with E-state index in [0.717, 1.165) is 11.4 Å². The predicted molar refractivity (Wildman–Crippen MR) is 102 cm³/mol. The number of anilines is 2. The van der Waals surface area contributed by atoms with E-state index in [1.807, 2.05) is 12.1 Å². The Kier molecular flexibility index (Phi) is 5.56. The Balaban J connectivity index is 1.62. The van der Waals surface area contributed by atoms with E-state index in [1.54, 1.807) is 31.4 Å². The van der Waals surface area contributed by atoms with Crippen molar-refractivity contribution in [3.63, 3.8) is 0 Å². The van der Waals surface area contributed by atoms with Crippen LogP contribution < -0.4 is 15.4 Å². The zero-order valence-electron chi connectivity index (χ0n) is 15.1. The van der Waals surface area contributed by atoms with Gasteiger partial charge < -0.3 is 15.4 Å². The highest BCUT2D eigenvalue weighted by Gasteiger charge is 2.33. The number of hydrogen-bond acceptors (Lipinski definition) is 3. The van der Waals surface area contributed by atoms with Crippen LogP contribution in [0.4, 0.5) is 11.4 Å². The van der Waals surface area contributed by atoms with Crippen LogP contribution in [0.15, 0.2) is 48.5 Å². The molecule has 1 atom stereocenters. The molecule has 5 nitrogen and oxygen atoms in total. The first-order chi connectivity index (χ1) is 12.5. The third-order valence-electron chi connectivity index (χ3n) is 4.63. The van der Waals surface area contributed by atoms with Gasteiger partial charge in [-0.3, -0.25) is 9.59 Å². The Morgan fingerprint density at radius 1 is 1.00 bits per heavy atom. The standard InChI is InChI=1S/C21H24N2O3/c1-14(24)22-17-7-9-18(10-8-17)23-21(25)13-20(15-3-4-15)16-5-11-19(26-2)12-6-16/h5-12,15,20H,3-4,13H2,1-2H3,(H,22,24)(H,23,25). The first-order valence-corrected chi connectivity index (χ1v) is 8.86. The van der Waals surface area contributed by atoms with Gasteiger partial charge in [-0.15, -0.1) is 0 Å². The number of hydrogen-bond donors (Lipinski definition) is 2. The molecule has 1 saturated carbocycles. The molecule has 1 unspecified atom stereocenters. The molecule has 136 valence electrons. The molecule has 0 saturated heterocycles. The zero-order valence-corrected chi connectivity index (χ0v) is 15.1. The lowest BCUT2D eigenvalue weighted by Gasteiger charge is -2.17. The third-order valence-corrected chi connectivity index (χ3v) is 4.63. The van der Waals surface area contributed by atoms with Crippen LogP contribution in [0.25, 0.3) is 0 Å². The lowest BCUT2D eigenvalue weighted by atomic mass is 9.90. The summed E-state index contributed by atoms with van der Waals surface area (Å²) in [4.78, 5) is 23.6. The maximum absolute atomic E-state index is 12.5. The molecule has 2 amide bonds. The second-order valence-electron chi connectivity index (χ2n) is 6.73. The SMILES string of the molecule is COc1ccc(C(CC(=O)Nc2ccc(NC(C)=O)cc2)C2CC2)cc1. The number of amides is 2. The molecule has 1 aliphatic rings. The van der Waals surface area contributed by atoms with Crippen LogP contribution in [0.1, 0.15) is 37.7 Å². The Morgan fingerprint density at radius 2 is 1.58 bits per heavy atom. The normalized spacial score (nSPS) is 14.4. The first-order valence-electron chi connectivity index (χ1n) is 8.86. The summed E-state index contributed by atoms with van der Waals surface area (Å²) in [5.74, 6) is 1.53. The number of carbonyl (C=O) groups excluding carboxylic acids is 2. The largest absolute Gasteiger partial charge is 0.497 e. The zero-order chi connectivity index (χ0) is 18.5. The Labute approximate surface area is 153 Å². The lowest BCUT2D eigenvalue weighted by molar-refractivity contribution is -0.117. The Morgan fingerprint density at radius 3 is 2.08 bits per heavy atom. The quantitative estimate of drug-likeness (QED) is 0.786. The van der Waals surface area contributed by atoms with Crippen molar-refractivity contribution in [1.82, 2.24) is 0 Å². The van der Waals surface area contributed by atoms with Crippen molar-refractivity contribution in [1.29, 1.82) is 0 Å². The highest BCUT2D eigenvalue weighted by atomic mass is 16.5. The van der Waals surface area contributed by atoms with E-state index in [1.165, 1.54) is 25.3 Å². The Bertz CT molecular complexity index is 765. The molecule has 0 spiro atoms. The smallest absolute Gasteiger partial charge is 0.224 e. The van der Waals surface area contributed by atoms with Crippen LogP contribution in [0, 0.1) is 5.92 Å². The van der Waals surface area contributed by atoms with Gasteiger partial charge in [0, 0.05) is 24.7 Å². The van der Waals surface area contributed by atoms with Gasteiger partial charge >= 0.3 is 0 Å². The second kappa shape index (κ2) is 8.04. The highest BCUT2D eigenvalue weighted by Crippen LogP contribution is 2.44. The minimum Gasteiger partial charge on any atom is -0.497 e. The van der Waals surface area contributed by atoms with Crippen LogP contribution in [0.3, 0.4) is 0 Å². The van der Waals surface area contributed by atoms with E-state index in [4.69, 9.17) is 4.74 Å². The van der Waals surface area contributed by atoms with Crippen molar-refractivity contribution in [3.05, 3.63) is 54.1 Å². The molecule has 0 bridgehead atoms. The lowest BCUT2D eigenvalue weighted by Crippen LogP contribution is -2.17. The highest BCUT2D eigenvalue weighted by molar-refractivity contribution is 5.92. The molecule has 1 aliphatic carbocycles. The third kappa shape index (κ3) is 4.85. The summed E-state index contributed by atoms with van der Waals surface area (Å²) < 4.78 is 5.21. The van der Waals surface area contributed by atoms with Gasteiger partial charge in [0.1, 0.15) is 5.75 Å². The molecule has 0 heterocycles. The second-order valence-corrected chi connectivity index (χ2v) is 6.73. The number of benzene rings is 2. The van der Waals surface area contributed by atoms with Gasteiger partial charge in [-0.1, -0.05) is 12.1 Å². The average molecular weight is 352 g/mol. The molecule has 0 radical (unpaired) electrons. The van der Waals surface area contributed by atoms with Crippen molar-refractivity contribution in [2.75, 3.05) is 17.7 Å².